The van der Waals surface area contributed by atoms with Gasteiger partial charge in [0.05, 0.1) is 0 Å². The zero-order valence-electron chi connectivity index (χ0n) is 10.4. The van der Waals surface area contributed by atoms with Crippen LogP contribution < -0.4 is 10.6 Å². The van der Waals surface area contributed by atoms with Gasteiger partial charge >= 0.3 is 0 Å². The molecular weight excluding hydrogens is 222 g/mol. The van der Waals surface area contributed by atoms with Crippen LogP contribution in [-0.4, -0.2) is 33.0 Å². The fourth-order valence-corrected chi connectivity index (χ4v) is 1.34. The molecule has 94 valence electrons. The number of amides is 2. The summed E-state index contributed by atoms with van der Waals surface area (Å²) in [4.78, 5) is 26.8. The van der Waals surface area contributed by atoms with Crippen LogP contribution in [0.2, 0.25) is 0 Å². The van der Waals surface area contributed by atoms with E-state index in [1.807, 2.05) is 13.8 Å². The highest BCUT2D eigenvalue weighted by Crippen LogP contribution is 2.05. The maximum Gasteiger partial charge on any atom is 0.249 e. The highest BCUT2D eigenvalue weighted by atomic mass is 16.2. The maximum atomic E-state index is 11.9. The predicted octanol–water partition coefficient (Wildman–Crippen LogP) is 0.212. The number of anilines is 1. The third-order valence-corrected chi connectivity index (χ3v) is 2.14. The van der Waals surface area contributed by atoms with Crippen molar-refractivity contribution < 1.29 is 9.59 Å². The van der Waals surface area contributed by atoms with Gasteiger partial charge in [-0.15, -0.1) is 5.10 Å². The Labute approximate surface area is 99.4 Å². The number of aromatic nitrogens is 3. The molecule has 0 aliphatic heterocycles. The van der Waals surface area contributed by atoms with Crippen molar-refractivity contribution in [2.24, 2.45) is 5.92 Å². The number of carbonyl (C=O) groups excluding carboxylic acids is 2. The molecule has 2 amide bonds. The molecule has 0 spiro atoms. The zero-order chi connectivity index (χ0) is 13.0. The summed E-state index contributed by atoms with van der Waals surface area (Å²) in [5.74, 6) is 0.239. The second-order valence-electron chi connectivity index (χ2n) is 4.16. The molecule has 0 saturated carbocycles. The SMILES string of the molecule is CC(=O)NC(C(=O)Nc1n[nH]c(C)n1)C(C)C. The van der Waals surface area contributed by atoms with Crippen LogP contribution in [0.1, 0.15) is 26.6 Å². The fraction of sp³-hybridized carbons (Fsp3) is 0.600. The first kappa shape index (κ1) is 13.1. The van der Waals surface area contributed by atoms with E-state index in [9.17, 15) is 9.59 Å². The van der Waals surface area contributed by atoms with Crippen LogP contribution in [0.15, 0.2) is 0 Å². The highest BCUT2D eigenvalue weighted by molar-refractivity contribution is 5.95. The third-order valence-electron chi connectivity index (χ3n) is 2.14. The third kappa shape index (κ3) is 3.86. The van der Waals surface area contributed by atoms with Crippen molar-refractivity contribution in [3.8, 4) is 0 Å². The number of rotatable bonds is 4. The van der Waals surface area contributed by atoms with Crippen LogP contribution >= 0.6 is 0 Å². The summed E-state index contributed by atoms with van der Waals surface area (Å²) in [5.41, 5.74) is 0. The number of carbonyl (C=O) groups is 2. The minimum absolute atomic E-state index is 0.0149. The van der Waals surface area contributed by atoms with Crippen molar-refractivity contribution in [2.45, 2.75) is 33.7 Å². The minimum atomic E-state index is -0.591. The van der Waals surface area contributed by atoms with Crippen LogP contribution in [0.3, 0.4) is 0 Å². The molecule has 17 heavy (non-hydrogen) atoms. The largest absolute Gasteiger partial charge is 0.344 e. The lowest BCUT2D eigenvalue weighted by Crippen LogP contribution is -2.46. The molecule has 3 N–H and O–H groups in total. The van der Waals surface area contributed by atoms with E-state index in [2.05, 4.69) is 25.8 Å². The molecule has 0 aliphatic carbocycles. The molecule has 1 rings (SSSR count). The monoisotopic (exact) mass is 239 g/mol. The van der Waals surface area contributed by atoms with Gasteiger partial charge in [-0.05, 0) is 12.8 Å². The summed E-state index contributed by atoms with van der Waals surface area (Å²) in [6.45, 7) is 6.81. The number of hydrogen-bond donors (Lipinski definition) is 3. The molecule has 0 radical (unpaired) electrons. The van der Waals surface area contributed by atoms with Gasteiger partial charge in [0.1, 0.15) is 11.9 Å². The quantitative estimate of drug-likeness (QED) is 0.699. The topological polar surface area (TPSA) is 99.8 Å². The van der Waals surface area contributed by atoms with E-state index in [0.29, 0.717) is 5.82 Å². The average Bonchev–Trinajstić information content (AvgIpc) is 2.59. The first-order chi connectivity index (χ1) is 7.90. The van der Waals surface area contributed by atoms with Crippen molar-refractivity contribution in [1.29, 1.82) is 0 Å². The molecule has 1 aromatic heterocycles. The first-order valence-electron chi connectivity index (χ1n) is 5.37. The van der Waals surface area contributed by atoms with Crippen LogP contribution in [0, 0.1) is 12.8 Å². The lowest BCUT2D eigenvalue weighted by molar-refractivity contribution is -0.126. The Morgan fingerprint density at radius 1 is 1.35 bits per heavy atom. The summed E-state index contributed by atoms with van der Waals surface area (Å²) in [6.07, 6.45) is 0. The Bertz CT molecular complexity index is 413. The smallest absolute Gasteiger partial charge is 0.249 e. The summed E-state index contributed by atoms with van der Waals surface area (Å²) in [6, 6.07) is -0.591. The highest BCUT2D eigenvalue weighted by Gasteiger charge is 2.23. The average molecular weight is 239 g/mol. The van der Waals surface area contributed by atoms with Crippen molar-refractivity contribution in [3.63, 3.8) is 0 Å². The molecule has 0 fully saturated rings. The van der Waals surface area contributed by atoms with E-state index in [0.717, 1.165) is 0 Å². The van der Waals surface area contributed by atoms with Gasteiger partial charge in [0.25, 0.3) is 0 Å². The van der Waals surface area contributed by atoms with Crippen molar-refractivity contribution in [3.05, 3.63) is 5.82 Å². The number of aryl methyl sites for hydroxylation is 1. The summed E-state index contributed by atoms with van der Waals surface area (Å²) in [7, 11) is 0. The molecule has 1 aromatic rings. The molecule has 1 heterocycles. The normalized spacial score (nSPS) is 12.3. The first-order valence-corrected chi connectivity index (χ1v) is 5.37. The van der Waals surface area contributed by atoms with Gasteiger partial charge in [-0.1, -0.05) is 13.8 Å². The Balaban J connectivity index is 2.68. The molecule has 1 atom stereocenters. The Hall–Kier alpha value is -1.92. The van der Waals surface area contributed by atoms with E-state index in [1.54, 1.807) is 6.92 Å². The molecule has 0 aromatic carbocycles. The maximum absolute atomic E-state index is 11.9. The van der Waals surface area contributed by atoms with Gasteiger partial charge in [-0.3, -0.25) is 20.0 Å². The molecule has 0 bridgehead atoms. The van der Waals surface area contributed by atoms with E-state index in [-0.39, 0.29) is 23.7 Å². The zero-order valence-corrected chi connectivity index (χ0v) is 10.4. The lowest BCUT2D eigenvalue weighted by Gasteiger charge is -2.19. The van der Waals surface area contributed by atoms with Gasteiger partial charge in [0, 0.05) is 6.92 Å². The van der Waals surface area contributed by atoms with Crippen molar-refractivity contribution >= 4 is 17.8 Å². The second kappa shape index (κ2) is 5.42. The Kier molecular flexibility index (Phi) is 4.19. The number of nitrogens with one attached hydrogen (secondary N) is 3. The Morgan fingerprint density at radius 3 is 2.41 bits per heavy atom. The van der Waals surface area contributed by atoms with Crippen LogP contribution in [0.4, 0.5) is 5.95 Å². The number of aromatic amines is 1. The second-order valence-corrected chi connectivity index (χ2v) is 4.16. The molecule has 7 nitrogen and oxygen atoms in total. The molecular formula is C10H17N5O2. The minimum Gasteiger partial charge on any atom is -0.344 e. The number of H-pyrrole nitrogens is 1. The summed E-state index contributed by atoms with van der Waals surface area (Å²) >= 11 is 0. The van der Waals surface area contributed by atoms with Gasteiger partial charge in [0.15, 0.2) is 0 Å². The van der Waals surface area contributed by atoms with Gasteiger partial charge in [0.2, 0.25) is 17.8 Å². The van der Waals surface area contributed by atoms with Crippen LogP contribution in [0.5, 0.6) is 0 Å². The lowest BCUT2D eigenvalue weighted by atomic mass is 10.0. The van der Waals surface area contributed by atoms with Gasteiger partial charge in [-0.25, -0.2) is 0 Å². The van der Waals surface area contributed by atoms with Gasteiger partial charge < -0.3 is 5.32 Å². The fourth-order valence-electron chi connectivity index (χ4n) is 1.34. The van der Waals surface area contributed by atoms with Crippen molar-refractivity contribution in [2.75, 3.05) is 5.32 Å². The predicted molar refractivity (Wildman–Crippen MR) is 62.2 cm³/mol. The standard InChI is InChI=1S/C10H17N5O2/c1-5(2)8(12-7(4)16)9(17)13-10-11-6(3)14-15-10/h5,8H,1-4H3,(H,12,16)(H2,11,13,14,15,17). The van der Waals surface area contributed by atoms with Crippen LogP contribution in [0.25, 0.3) is 0 Å². The summed E-state index contributed by atoms with van der Waals surface area (Å²) in [5, 5.41) is 11.5. The molecule has 0 saturated heterocycles. The van der Waals surface area contributed by atoms with E-state index in [4.69, 9.17) is 0 Å². The van der Waals surface area contributed by atoms with E-state index >= 15 is 0 Å². The molecule has 0 aliphatic rings. The Morgan fingerprint density at radius 2 is 2.00 bits per heavy atom. The molecule has 7 heteroatoms. The van der Waals surface area contributed by atoms with Crippen molar-refractivity contribution in [1.82, 2.24) is 20.5 Å². The summed E-state index contributed by atoms with van der Waals surface area (Å²) < 4.78 is 0. The van der Waals surface area contributed by atoms with Gasteiger partial charge in [-0.2, -0.15) is 4.98 Å². The van der Waals surface area contributed by atoms with Crippen LogP contribution in [-0.2, 0) is 9.59 Å². The molecule has 1 unspecified atom stereocenters. The van der Waals surface area contributed by atoms with E-state index < -0.39 is 6.04 Å². The number of nitrogens with zero attached hydrogens (tertiary/aromatic N) is 2. The van der Waals surface area contributed by atoms with E-state index in [1.165, 1.54) is 6.92 Å². The number of hydrogen-bond acceptors (Lipinski definition) is 4.